The van der Waals surface area contributed by atoms with Gasteiger partial charge in [0.2, 0.25) is 0 Å². The van der Waals surface area contributed by atoms with Crippen molar-refractivity contribution >= 4 is 29.2 Å². The molecule has 1 atom stereocenters. The van der Waals surface area contributed by atoms with Gasteiger partial charge in [-0.3, -0.25) is 0 Å². The predicted octanol–water partition coefficient (Wildman–Crippen LogP) is 3.65. The van der Waals surface area contributed by atoms with Gasteiger partial charge in [0, 0.05) is 0 Å². The molecule has 0 aliphatic rings. The fraction of sp³-hybridized carbons (Fsp3) is 1.00. The topological polar surface area (TPSA) is 17.1 Å². The zero-order valence-electron chi connectivity index (χ0n) is 10.3. The Morgan fingerprint density at radius 3 is 2.07 bits per heavy atom. The van der Waals surface area contributed by atoms with Crippen LogP contribution in [0.4, 0.5) is 0 Å². The molecule has 1 nitrogen and oxygen atoms in total. The van der Waals surface area contributed by atoms with E-state index in [1.807, 2.05) is 0 Å². The van der Waals surface area contributed by atoms with Gasteiger partial charge in [0.15, 0.2) is 0 Å². The fourth-order valence-corrected chi connectivity index (χ4v) is 6.84. The first-order chi connectivity index (χ1) is 6.45. The van der Waals surface area contributed by atoms with Crippen molar-refractivity contribution in [3.8, 4) is 0 Å². The normalized spacial score (nSPS) is 14.3. The van der Waals surface area contributed by atoms with E-state index in [1.165, 1.54) is 23.7 Å². The molecule has 0 saturated carbocycles. The van der Waals surface area contributed by atoms with Crippen molar-refractivity contribution in [2.75, 3.05) is 11.5 Å². The Hall–Kier alpha value is 0.949. The number of unbranched alkanes of at least 4 members (excludes halogenated alkanes) is 2. The summed E-state index contributed by atoms with van der Waals surface area (Å²) in [5.41, 5.74) is 0. The zero-order valence-corrected chi connectivity index (χ0v) is 13.9. The van der Waals surface area contributed by atoms with Gasteiger partial charge in [-0.05, 0) is 0 Å². The minimum absolute atomic E-state index is 0.523. The van der Waals surface area contributed by atoms with Crippen molar-refractivity contribution in [2.45, 2.75) is 51.9 Å². The number of hydrogen-bond acceptors (Lipinski definition) is 1. The molecule has 0 bridgehead atoms. The number of rotatable bonds is 8. The van der Waals surface area contributed by atoms with Crippen molar-refractivity contribution in [3.05, 3.63) is 0 Å². The molecule has 3 heteroatoms. The minimum atomic E-state index is -1.56. The van der Waals surface area contributed by atoms with Gasteiger partial charge in [-0.15, -0.1) is 0 Å². The van der Waals surface area contributed by atoms with Crippen LogP contribution in [0, 0.1) is 0 Å². The van der Waals surface area contributed by atoms with Crippen LogP contribution >= 0.6 is 0 Å². The third-order valence-corrected chi connectivity index (χ3v) is 9.05. The van der Waals surface area contributed by atoms with E-state index in [2.05, 4.69) is 21.7 Å². The summed E-state index contributed by atoms with van der Waals surface area (Å²) in [4.78, 5) is 7.36. The maximum atomic E-state index is 11.5. The quantitative estimate of drug-likeness (QED) is 0.492. The molecule has 14 heavy (non-hydrogen) atoms. The second-order valence-corrected chi connectivity index (χ2v) is 23.0. The molecule has 0 aromatic rings. The van der Waals surface area contributed by atoms with Gasteiger partial charge >= 0.3 is 96.8 Å². The summed E-state index contributed by atoms with van der Waals surface area (Å²) in [5.74, 6) is 1.89. The molecule has 0 radical (unpaired) electrons. The van der Waals surface area contributed by atoms with Gasteiger partial charge in [-0.1, -0.05) is 0 Å². The Morgan fingerprint density at radius 1 is 1.00 bits per heavy atom. The molecule has 0 aromatic heterocycles. The summed E-state index contributed by atoms with van der Waals surface area (Å²) in [6.07, 6.45) is 4.83. The molecule has 0 aliphatic carbocycles. The van der Waals surface area contributed by atoms with Crippen LogP contribution in [0.5, 0.6) is 0 Å². The molecule has 0 aromatic carbocycles. The van der Waals surface area contributed by atoms with Crippen molar-refractivity contribution in [3.63, 3.8) is 0 Å². The second-order valence-electron chi connectivity index (χ2n) is 5.22. The molecular formula is C11H26OSSn. The van der Waals surface area contributed by atoms with Crippen LogP contribution in [-0.2, 0) is 10.8 Å². The fourth-order valence-electron chi connectivity index (χ4n) is 1.38. The van der Waals surface area contributed by atoms with E-state index >= 15 is 0 Å². The van der Waals surface area contributed by atoms with Gasteiger partial charge < -0.3 is 0 Å². The molecule has 0 N–H and O–H groups in total. The summed E-state index contributed by atoms with van der Waals surface area (Å²) in [6.45, 7) is 2.19. The summed E-state index contributed by atoms with van der Waals surface area (Å²) >= 11 is -1.56. The van der Waals surface area contributed by atoms with Crippen LogP contribution in [0.25, 0.3) is 0 Å². The van der Waals surface area contributed by atoms with E-state index in [9.17, 15) is 4.21 Å². The molecular weight excluding hydrogens is 299 g/mol. The second kappa shape index (κ2) is 8.14. The molecule has 0 rings (SSSR count). The Labute approximate surface area is 96.4 Å². The van der Waals surface area contributed by atoms with Gasteiger partial charge in [0.05, 0.1) is 0 Å². The predicted molar refractivity (Wildman–Crippen MR) is 70.2 cm³/mol. The average molecular weight is 325 g/mol. The van der Waals surface area contributed by atoms with Crippen LogP contribution < -0.4 is 0 Å². The Kier molecular flexibility index (Phi) is 8.69. The summed E-state index contributed by atoms with van der Waals surface area (Å²) in [6, 6.07) is 0. The Morgan fingerprint density at radius 2 is 1.57 bits per heavy atom. The molecule has 1 unspecified atom stereocenters. The van der Waals surface area contributed by atoms with E-state index in [-0.39, 0.29) is 0 Å². The van der Waals surface area contributed by atoms with Crippen molar-refractivity contribution in [2.24, 2.45) is 0 Å². The van der Waals surface area contributed by atoms with Crippen LogP contribution in [0.3, 0.4) is 0 Å². The van der Waals surface area contributed by atoms with Crippen molar-refractivity contribution < 1.29 is 4.21 Å². The Balaban J connectivity index is 3.36. The summed E-state index contributed by atoms with van der Waals surface area (Å²) in [7, 11) is -0.523. The van der Waals surface area contributed by atoms with Crippen LogP contribution in [0.15, 0.2) is 0 Å². The summed E-state index contributed by atoms with van der Waals surface area (Å²) in [5, 5.41) is 0. The summed E-state index contributed by atoms with van der Waals surface area (Å²) < 4.78 is 12.9. The van der Waals surface area contributed by atoms with E-state index < -0.39 is 29.2 Å². The SMILES string of the molecule is CCCCCS(=O)CC[CH2][Sn]([CH3])([CH3])[CH3]. The van der Waals surface area contributed by atoms with E-state index in [4.69, 9.17) is 0 Å². The monoisotopic (exact) mass is 326 g/mol. The zero-order chi connectivity index (χ0) is 11.0. The average Bonchev–Trinajstić information content (AvgIpc) is 2.02. The van der Waals surface area contributed by atoms with E-state index in [0.717, 1.165) is 17.9 Å². The number of hydrogen-bond donors (Lipinski definition) is 0. The van der Waals surface area contributed by atoms with Gasteiger partial charge in [0.1, 0.15) is 0 Å². The van der Waals surface area contributed by atoms with Crippen LogP contribution in [-0.4, -0.2) is 34.1 Å². The Bertz CT molecular complexity index is 163. The molecule has 86 valence electrons. The molecule has 0 fully saturated rings. The molecule has 0 amide bonds. The van der Waals surface area contributed by atoms with E-state index in [0.29, 0.717) is 0 Å². The third kappa shape index (κ3) is 11.0. The van der Waals surface area contributed by atoms with Gasteiger partial charge in [0.25, 0.3) is 0 Å². The van der Waals surface area contributed by atoms with Crippen LogP contribution in [0.2, 0.25) is 19.3 Å². The molecule has 0 heterocycles. The van der Waals surface area contributed by atoms with E-state index in [1.54, 1.807) is 0 Å². The third-order valence-electron chi connectivity index (χ3n) is 2.27. The first-order valence-corrected chi connectivity index (χ1v) is 17.9. The van der Waals surface area contributed by atoms with Crippen molar-refractivity contribution in [1.29, 1.82) is 0 Å². The first-order valence-electron chi connectivity index (χ1n) is 5.80. The molecule has 0 saturated heterocycles. The first kappa shape index (κ1) is 14.9. The molecule has 0 spiro atoms. The van der Waals surface area contributed by atoms with Gasteiger partial charge in [-0.2, -0.15) is 0 Å². The van der Waals surface area contributed by atoms with Gasteiger partial charge in [-0.25, -0.2) is 0 Å². The molecule has 0 aliphatic heterocycles. The maximum absolute atomic E-state index is 11.5. The standard InChI is InChI=1S/C8H17OS.3CH3.Sn/c1-3-5-6-8-10(9)7-4-2;;;;/h2-8H2,1H3;3*1H3;. The van der Waals surface area contributed by atoms with Crippen LogP contribution in [0.1, 0.15) is 32.6 Å². The van der Waals surface area contributed by atoms with Crippen molar-refractivity contribution in [1.82, 2.24) is 0 Å².